The molecule has 0 N–H and O–H groups in total. The Morgan fingerprint density at radius 2 is 1.60 bits per heavy atom. The second-order valence-corrected chi connectivity index (χ2v) is 1.52. The fraction of sp³-hybridized carbons (Fsp3) is 1.00. The summed E-state index contributed by atoms with van der Waals surface area (Å²) in [5.41, 5.74) is 0. The predicted octanol–water partition coefficient (Wildman–Crippen LogP) is 1.15. The summed E-state index contributed by atoms with van der Waals surface area (Å²) in [6.07, 6.45) is 0. The molecule has 0 unspecified atom stereocenters. The van der Waals surface area contributed by atoms with Gasteiger partial charge in [0.2, 0.25) is 0 Å². The van der Waals surface area contributed by atoms with E-state index in [1.54, 1.807) is 0 Å². The summed E-state index contributed by atoms with van der Waals surface area (Å²) in [7, 11) is 0. The van der Waals surface area contributed by atoms with Crippen molar-refractivity contribution in [1.29, 1.82) is 0 Å². The van der Waals surface area contributed by atoms with E-state index in [9.17, 15) is 8.78 Å². The van der Waals surface area contributed by atoms with Gasteiger partial charge in [-0.3, -0.25) is 0 Å². The van der Waals surface area contributed by atoms with Crippen molar-refractivity contribution in [3.63, 3.8) is 0 Å². The van der Waals surface area contributed by atoms with Gasteiger partial charge in [0.15, 0.2) is 0 Å². The Morgan fingerprint density at radius 3 is 1.60 bits per heavy atom. The van der Waals surface area contributed by atoms with Crippen LogP contribution in [0.4, 0.5) is 8.78 Å². The molecule has 0 nitrogen and oxygen atoms in total. The molecular weight excluding hydrogens is 94.1 g/mol. The van der Waals surface area contributed by atoms with Crippen LogP contribution in [0.1, 0.15) is 6.92 Å². The van der Waals surface area contributed by atoms with Crippen molar-refractivity contribution in [3.05, 3.63) is 0 Å². The maximum Gasteiger partial charge on any atom is 0.134 e. The molecule has 0 aliphatic carbocycles. The second kappa shape index (κ2) is 1.12. The van der Waals surface area contributed by atoms with Crippen LogP contribution in [-0.4, -0.2) is 5.25 Å². The molecule has 0 rings (SSSR count). The topological polar surface area (TPSA) is 0 Å². The summed E-state index contributed by atoms with van der Waals surface area (Å²) >= 11 is 3.49. The van der Waals surface area contributed by atoms with Crippen LogP contribution in [0, 0.1) is 0 Å². The van der Waals surface area contributed by atoms with Crippen molar-refractivity contribution in [3.8, 4) is 0 Å². The van der Waals surface area contributed by atoms with Gasteiger partial charge in [-0.05, 0) is 6.92 Å². The highest BCUT2D eigenvalue weighted by Gasteiger charge is 1.94. The smallest absolute Gasteiger partial charge is 0.134 e. The van der Waals surface area contributed by atoms with Crippen molar-refractivity contribution < 1.29 is 8.78 Å². The fourth-order valence-electron chi connectivity index (χ4n) is 0. The highest BCUT2D eigenvalue weighted by Crippen LogP contribution is 2.04. The molecule has 5 heavy (non-hydrogen) atoms. The largest absolute Gasteiger partial charge is 0.717 e. The van der Waals surface area contributed by atoms with Crippen LogP contribution in [0.5, 0.6) is 0 Å². The lowest BCUT2D eigenvalue weighted by molar-refractivity contribution is 0.130. The van der Waals surface area contributed by atoms with Gasteiger partial charge in [-0.1, -0.05) is 0 Å². The van der Waals surface area contributed by atoms with Crippen LogP contribution in [-0.2, 0) is 12.6 Å². The monoisotopic (exact) mass is 97.0 g/mol. The van der Waals surface area contributed by atoms with Crippen molar-refractivity contribution in [2.75, 3.05) is 0 Å². The van der Waals surface area contributed by atoms with Gasteiger partial charge < -0.3 is 12.6 Å². The number of halogens is 2. The Morgan fingerprint density at radius 1 is 1.60 bits per heavy atom. The summed E-state index contributed by atoms with van der Waals surface area (Å²) in [5, 5.41) is -2.92. The molecule has 0 amide bonds. The van der Waals surface area contributed by atoms with Crippen molar-refractivity contribution >= 4 is 12.6 Å². The number of rotatable bonds is 0. The summed E-state index contributed by atoms with van der Waals surface area (Å²) in [5.74, 6) is 0. The number of alkyl halides is 2. The third-order valence-corrected chi connectivity index (χ3v) is 0. The molecule has 32 valence electrons. The maximum absolute atomic E-state index is 10.8. The van der Waals surface area contributed by atoms with E-state index in [2.05, 4.69) is 12.6 Å². The standard InChI is InChI=1S/C2H4F2S/c1-2(3,4)5/h5H,1H3/p-1. The molecule has 0 bridgehead atoms. The van der Waals surface area contributed by atoms with E-state index in [0.717, 1.165) is 0 Å². The van der Waals surface area contributed by atoms with Gasteiger partial charge in [0.05, 0.1) is 0 Å². The van der Waals surface area contributed by atoms with E-state index in [1.165, 1.54) is 0 Å². The van der Waals surface area contributed by atoms with Crippen LogP contribution in [0.2, 0.25) is 0 Å². The minimum absolute atomic E-state index is 0.669. The van der Waals surface area contributed by atoms with Gasteiger partial charge in [0.1, 0.15) is 5.25 Å². The normalized spacial score (nSPS) is 12.0. The van der Waals surface area contributed by atoms with E-state index in [4.69, 9.17) is 0 Å². The summed E-state index contributed by atoms with van der Waals surface area (Å²) in [6.45, 7) is 0.669. The predicted molar refractivity (Wildman–Crippen MR) is 18.0 cm³/mol. The van der Waals surface area contributed by atoms with Crippen LogP contribution in [0.3, 0.4) is 0 Å². The van der Waals surface area contributed by atoms with E-state index in [1.807, 2.05) is 0 Å². The van der Waals surface area contributed by atoms with Gasteiger partial charge in [-0.2, -0.15) is 0 Å². The van der Waals surface area contributed by atoms with Crippen LogP contribution in [0.15, 0.2) is 0 Å². The zero-order chi connectivity index (χ0) is 4.50. The minimum Gasteiger partial charge on any atom is -0.717 e. The molecule has 0 aromatic heterocycles. The molecule has 0 spiro atoms. The Bertz CT molecular complexity index is 23.1. The molecule has 0 aliphatic rings. The van der Waals surface area contributed by atoms with Crippen molar-refractivity contribution in [2.24, 2.45) is 0 Å². The average Bonchev–Trinajstić information content (AvgIpc) is 0.722. The first-order chi connectivity index (χ1) is 2.00. The van der Waals surface area contributed by atoms with Gasteiger partial charge in [0, 0.05) is 0 Å². The first kappa shape index (κ1) is 5.21. The molecule has 0 fully saturated rings. The first-order valence-corrected chi connectivity index (χ1v) is 1.49. The molecule has 0 atom stereocenters. The Balaban J connectivity index is 3.02. The molecule has 0 aromatic rings. The molecule has 0 radical (unpaired) electrons. The van der Waals surface area contributed by atoms with Gasteiger partial charge in [-0.15, -0.1) is 0 Å². The molecule has 0 saturated carbocycles. The molecule has 0 heterocycles. The molecule has 3 heteroatoms. The molecule has 0 aliphatic heterocycles. The van der Waals surface area contributed by atoms with E-state index in [0.29, 0.717) is 6.92 Å². The maximum atomic E-state index is 10.8. The van der Waals surface area contributed by atoms with Crippen LogP contribution >= 0.6 is 0 Å². The van der Waals surface area contributed by atoms with Gasteiger partial charge >= 0.3 is 0 Å². The Hall–Kier alpha value is 0.210. The third kappa shape index (κ3) is 466. The van der Waals surface area contributed by atoms with E-state index >= 15 is 0 Å². The van der Waals surface area contributed by atoms with E-state index < -0.39 is 5.25 Å². The van der Waals surface area contributed by atoms with Gasteiger partial charge in [0.25, 0.3) is 0 Å². The molecule has 0 saturated heterocycles. The number of hydrogen-bond acceptors (Lipinski definition) is 1. The van der Waals surface area contributed by atoms with Crippen LogP contribution < -0.4 is 0 Å². The summed E-state index contributed by atoms with van der Waals surface area (Å²) in [6, 6.07) is 0. The summed E-state index contributed by atoms with van der Waals surface area (Å²) in [4.78, 5) is 0. The van der Waals surface area contributed by atoms with Gasteiger partial charge in [-0.25, -0.2) is 8.78 Å². The van der Waals surface area contributed by atoms with Crippen molar-refractivity contribution in [1.82, 2.24) is 0 Å². The lowest BCUT2D eigenvalue weighted by Gasteiger charge is -2.12. The van der Waals surface area contributed by atoms with Crippen LogP contribution in [0.25, 0.3) is 0 Å². The van der Waals surface area contributed by atoms with E-state index in [-0.39, 0.29) is 0 Å². The lowest BCUT2D eigenvalue weighted by atomic mass is 10.9. The Labute approximate surface area is 34.6 Å². The third-order valence-electron chi connectivity index (χ3n) is 0. The zero-order valence-electron chi connectivity index (χ0n) is 2.66. The fourth-order valence-corrected chi connectivity index (χ4v) is 0. The quantitative estimate of drug-likeness (QED) is 0.408. The Kier molecular flexibility index (Phi) is 1.17. The minimum atomic E-state index is -2.92. The second-order valence-electron chi connectivity index (χ2n) is 0.808. The summed E-state index contributed by atoms with van der Waals surface area (Å²) < 4.78 is 21.7. The highest BCUT2D eigenvalue weighted by molar-refractivity contribution is 7.59. The zero-order valence-corrected chi connectivity index (χ0v) is 3.48. The average molecular weight is 97.1 g/mol. The SMILES string of the molecule is CC(F)(F)[S-]. The molecular formula is C2H3F2S-. The highest BCUT2D eigenvalue weighted by atomic mass is 32.1. The first-order valence-electron chi connectivity index (χ1n) is 1.08. The lowest BCUT2D eigenvalue weighted by Crippen LogP contribution is -2.00. The number of hydrogen-bond donors (Lipinski definition) is 0. The molecule has 0 aromatic carbocycles. The van der Waals surface area contributed by atoms with Crippen molar-refractivity contribution in [2.45, 2.75) is 12.2 Å².